The Labute approximate surface area is 145 Å². The summed E-state index contributed by atoms with van der Waals surface area (Å²) in [7, 11) is 0. The minimum Gasteiger partial charge on any atom is -0.453 e. The Morgan fingerprint density at radius 1 is 1.20 bits per heavy atom. The van der Waals surface area contributed by atoms with Crippen molar-refractivity contribution in [2.75, 3.05) is 0 Å². The van der Waals surface area contributed by atoms with Crippen LogP contribution in [0, 0.1) is 0 Å². The molecular weight excluding hydrogens is 320 g/mol. The number of hydrogen-bond donors (Lipinski definition) is 0. The fourth-order valence-electron chi connectivity index (χ4n) is 2.21. The second-order valence-electron chi connectivity index (χ2n) is 6.70. The number of hydrogen-bond acceptors (Lipinski definition) is 6. The summed E-state index contributed by atoms with van der Waals surface area (Å²) in [5.41, 5.74) is 1.71. The first-order valence-electron chi connectivity index (χ1n) is 7.93. The van der Waals surface area contributed by atoms with Crippen LogP contribution in [0.1, 0.15) is 49.9 Å². The lowest BCUT2D eigenvalue weighted by Gasteiger charge is -2.17. The van der Waals surface area contributed by atoms with Gasteiger partial charge in [-0.15, -0.1) is 5.10 Å². The highest BCUT2D eigenvalue weighted by atomic mass is 16.5. The van der Waals surface area contributed by atoms with Crippen LogP contribution in [-0.2, 0) is 10.3 Å². The molecule has 1 atom stereocenters. The van der Waals surface area contributed by atoms with E-state index in [1.165, 1.54) is 6.33 Å². The summed E-state index contributed by atoms with van der Waals surface area (Å²) >= 11 is 0. The van der Waals surface area contributed by atoms with Crippen LogP contribution in [0.3, 0.4) is 0 Å². The molecule has 0 N–H and O–H groups in total. The molecule has 0 aliphatic carbocycles. The van der Waals surface area contributed by atoms with Crippen molar-refractivity contribution in [2.24, 2.45) is 0 Å². The second kappa shape index (κ2) is 6.46. The van der Waals surface area contributed by atoms with Gasteiger partial charge in [0.05, 0.1) is 17.4 Å². The highest BCUT2D eigenvalue weighted by Gasteiger charge is 2.21. The number of carbonyl (C=O) groups excluding carboxylic acids is 1. The van der Waals surface area contributed by atoms with E-state index in [-0.39, 0.29) is 11.2 Å². The van der Waals surface area contributed by atoms with Crippen LogP contribution in [0.4, 0.5) is 0 Å². The molecule has 0 radical (unpaired) electrons. The van der Waals surface area contributed by atoms with E-state index in [0.717, 1.165) is 11.3 Å². The smallest absolute Gasteiger partial charge is 0.361 e. The summed E-state index contributed by atoms with van der Waals surface area (Å²) in [4.78, 5) is 16.2. The van der Waals surface area contributed by atoms with Crippen molar-refractivity contribution in [2.45, 2.75) is 39.3 Å². The Kier molecular flexibility index (Phi) is 4.35. The minimum atomic E-state index is -0.497. The first-order chi connectivity index (χ1) is 11.8. The van der Waals surface area contributed by atoms with Crippen molar-refractivity contribution < 1.29 is 9.53 Å². The van der Waals surface area contributed by atoms with Gasteiger partial charge < -0.3 is 4.74 Å². The lowest BCUT2D eigenvalue weighted by atomic mass is 10.1. The number of aromatic nitrogens is 6. The van der Waals surface area contributed by atoms with Gasteiger partial charge >= 0.3 is 5.97 Å². The number of esters is 1. The SMILES string of the molecule is C[C@H](OC(=O)c1cn(C(C)(C)C)nn1)c1ccc(-n2cncn2)cc1. The zero-order chi connectivity index (χ0) is 18.0. The number of rotatable bonds is 4. The number of benzene rings is 1. The van der Waals surface area contributed by atoms with Crippen LogP contribution in [0.15, 0.2) is 43.1 Å². The van der Waals surface area contributed by atoms with Crippen molar-refractivity contribution in [1.82, 2.24) is 29.8 Å². The maximum Gasteiger partial charge on any atom is 0.361 e. The number of ether oxygens (including phenoxy) is 1. The molecule has 3 aromatic rings. The molecule has 0 unspecified atom stereocenters. The monoisotopic (exact) mass is 340 g/mol. The van der Waals surface area contributed by atoms with E-state index in [9.17, 15) is 4.79 Å². The van der Waals surface area contributed by atoms with Crippen LogP contribution in [0.25, 0.3) is 5.69 Å². The first-order valence-corrected chi connectivity index (χ1v) is 7.93. The summed E-state index contributed by atoms with van der Waals surface area (Å²) < 4.78 is 8.79. The molecule has 0 aliphatic heterocycles. The van der Waals surface area contributed by atoms with Crippen LogP contribution in [-0.4, -0.2) is 35.7 Å². The van der Waals surface area contributed by atoms with E-state index < -0.39 is 12.1 Å². The van der Waals surface area contributed by atoms with Gasteiger partial charge in [0.1, 0.15) is 18.8 Å². The van der Waals surface area contributed by atoms with Crippen LogP contribution < -0.4 is 0 Å². The molecule has 3 rings (SSSR count). The van der Waals surface area contributed by atoms with Gasteiger partial charge in [0, 0.05) is 0 Å². The Morgan fingerprint density at radius 2 is 1.92 bits per heavy atom. The van der Waals surface area contributed by atoms with Gasteiger partial charge in [-0.3, -0.25) is 0 Å². The fourth-order valence-corrected chi connectivity index (χ4v) is 2.21. The van der Waals surface area contributed by atoms with Crippen molar-refractivity contribution in [3.8, 4) is 5.69 Å². The Hall–Kier alpha value is -3.03. The quantitative estimate of drug-likeness (QED) is 0.678. The van der Waals surface area contributed by atoms with Gasteiger partial charge in [0.15, 0.2) is 5.69 Å². The van der Waals surface area contributed by atoms with Gasteiger partial charge in [-0.2, -0.15) is 5.10 Å². The third kappa shape index (κ3) is 3.73. The number of nitrogens with zero attached hydrogens (tertiary/aromatic N) is 6. The predicted molar refractivity (Wildman–Crippen MR) is 90.2 cm³/mol. The molecule has 0 spiro atoms. The highest BCUT2D eigenvalue weighted by molar-refractivity contribution is 5.86. The molecule has 0 fully saturated rings. The molecule has 25 heavy (non-hydrogen) atoms. The second-order valence-corrected chi connectivity index (χ2v) is 6.70. The van der Waals surface area contributed by atoms with Crippen molar-refractivity contribution in [3.63, 3.8) is 0 Å². The van der Waals surface area contributed by atoms with Crippen molar-refractivity contribution in [3.05, 3.63) is 54.4 Å². The fraction of sp³-hybridized carbons (Fsp3) is 0.353. The molecule has 0 bridgehead atoms. The molecule has 1 aromatic carbocycles. The maximum absolute atomic E-state index is 12.3. The Morgan fingerprint density at radius 3 is 2.48 bits per heavy atom. The van der Waals surface area contributed by atoms with E-state index in [4.69, 9.17) is 4.74 Å². The van der Waals surface area contributed by atoms with E-state index >= 15 is 0 Å². The summed E-state index contributed by atoms with van der Waals surface area (Å²) in [6.45, 7) is 7.76. The topological polar surface area (TPSA) is 87.7 Å². The van der Waals surface area contributed by atoms with Gasteiger partial charge in [-0.1, -0.05) is 17.3 Å². The standard InChI is InChI=1S/C17H20N6O2/c1-12(13-5-7-14(8-6-13)22-11-18-10-19-22)25-16(24)15-9-23(21-20-15)17(2,3)4/h5-12H,1-4H3/t12-/m0/s1. The highest BCUT2D eigenvalue weighted by Crippen LogP contribution is 2.20. The van der Waals surface area contributed by atoms with E-state index in [1.54, 1.807) is 21.9 Å². The van der Waals surface area contributed by atoms with E-state index in [1.807, 2.05) is 52.0 Å². The average Bonchev–Trinajstić information content (AvgIpc) is 3.26. The largest absolute Gasteiger partial charge is 0.453 e. The molecule has 0 aliphatic rings. The molecular formula is C17H20N6O2. The molecule has 0 amide bonds. The zero-order valence-corrected chi connectivity index (χ0v) is 14.6. The lowest BCUT2D eigenvalue weighted by molar-refractivity contribution is 0.0330. The Balaban J connectivity index is 1.68. The maximum atomic E-state index is 12.3. The van der Waals surface area contributed by atoms with E-state index in [0.29, 0.717) is 0 Å². The van der Waals surface area contributed by atoms with Gasteiger partial charge in [0.25, 0.3) is 0 Å². The van der Waals surface area contributed by atoms with Crippen LogP contribution >= 0.6 is 0 Å². The average molecular weight is 340 g/mol. The van der Waals surface area contributed by atoms with Gasteiger partial charge in [-0.25, -0.2) is 19.1 Å². The molecule has 130 valence electrons. The molecule has 2 aromatic heterocycles. The normalized spacial score (nSPS) is 12.8. The number of carbonyl (C=O) groups is 1. The first kappa shape index (κ1) is 16.8. The van der Waals surface area contributed by atoms with Crippen LogP contribution in [0.5, 0.6) is 0 Å². The predicted octanol–water partition coefficient (Wildman–Crippen LogP) is 2.53. The van der Waals surface area contributed by atoms with Gasteiger partial charge in [0.2, 0.25) is 0 Å². The summed E-state index contributed by atoms with van der Waals surface area (Å²) in [5, 5.41) is 11.9. The Bertz CT molecular complexity index is 846. The summed E-state index contributed by atoms with van der Waals surface area (Å²) in [6, 6.07) is 7.57. The molecule has 8 heteroatoms. The van der Waals surface area contributed by atoms with E-state index in [2.05, 4.69) is 20.4 Å². The third-order valence-electron chi connectivity index (χ3n) is 3.72. The minimum absolute atomic E-state index is 0.195. The molecule has 8 nitrogen and oxygen atoms in total. The third-order valence-corrected chi connectivity index (χ3v) is 3.72. The molecule has 2 heterocycles. The van der Waals surface area contributed by atoms with Crippen molar-refractivity contribution in [1.29, 1.82) is 0 Å². The zero-order valence-electron chi connectivity index (χ0n) is 14.6. The van der Waals surface area contributed by atoms with Gasteiger partial charge in [-0.05, 0) is 45.4 Å². The molecule has 0 saturated heterocycles. The lowest BCUT2D eigenvalue weighted by Crippen LogP contribution is -2.22. The van der Waals surface area contributed by atoms with Crippen molar-refractivity contribution >= 4 is 5.97 Å². The summed E-state index contributed by atoms with van der Waals surface area (Å²) in [5.74, 6) is -0.497. The van der Waals surface area contributed by atoms with Crippen LogP contribution in [0.2, 0.25) is 0 Å². The summed E-state index contributed by atoms with van der Waals surface area (Å²) in [6.07, 6.45) is 4.29. The molecule has 0 saturated carbocycles.